The van der Waals surface area contributed by atoms with E-state index in [1.165, 1.54) is 0 Å². The van der Waals surface area contributed by atoms with E-state index in [0.29, 0.717) is 19.5 Å². The summed E-state index contributed by atoms with van der Waals surface area (Å²) in [5.41, 5.74) is 1.75. The van der Waals surface area contributed by atoms with Gasteiger partial charge in [-0.2, -0.15) is 4.31 Å². The largest absolute Gasteiger partial charge is 0.497 e. The van der Waals surface area contributed by atoms with Gasteiger partial charge in [0.2, 0.25) is 15.9 Å². The van der Waals surface area contributed by atoms with E-state index in [0.717, 1.165) is 49.1 Å². The Morgan fingerprint density at radius 3 is 2.27 bits per heavy atom. The molecule has 4 rings (SSSR count). The van der Waals surface area contributed by atoms with Gasteiger partial charge >= 0.3 is 0 Å². The molecule has 0 aromatic heterocycles. The number of sulfonamides is 1. The van der Waals surface area contributed by atoms with Crippen LogP contribution in [0.4, 0.5) is 5.69 Å². The Morgan fingerprint density at radius 2 is 1.63 bits per heavy atom. The zero-order valence-electron chi connectivity index (χ0n) is 17.3. The number of carbonyl (C=O) groups is 1. The van der Waals surface area contributed by atoms with Crippen LogP contribution < -0.4 is 9.64 Å². The summed E-state index contributed by atoms with van der Waals surface area (Å²) in [7, 11) is -2.03. The first kappa shape index (κ1) is 20.9. The second kappa shape index (κ2) is 8.78. The van der Waals surface area contributed by atoms with Gasteiger partial charge in [0.05, 0.1) is 18.0 Å². The number of methoxy groups -OCH3 is 1. The fraction of sp³-hybridized carbons (Fsp3) is 0.435. The molecule has 1 unspecified atom stereocenters. The van der Waals surface area contributed by atoms with Crippen molar-refractivity contribution in [3.05, 3.63) is 54.1 Å². The predicted octanol–water partition coefficient (Wildman–Crippen LogP) is 4.13. The van der Waals surface area contributed by atoms with Gasteiger partial charge in [-0.3, -0.25) is 4.79 Å². The lowest BCUT2D eigenvalue weighted by Gasteiger charge is -2.30. The zero-order valence-corrected chi connectivity index (χ0v) is 18.1. The average molecular weight is 429 g/mol. The Morgan fingerprint density at radius 1 is 0.900 bits per heavy atom. The van der Waals surface area contributed by atoms with Crippen LogP contribution in [0.15, 0.2) is 53.4 Å². The third-order valence-electron chi connectivity index (χ3n) is 6.03. The Hall–Kier alpha value is -2.38. The monoisotopic (exact) mass is 428 g/mol. The number of benzene rings is 2. The van der Waals surface area contributed by atoms with Crippen LogP contribution in [-0.4, -0.2) is 38.8 Å². The van der Waals surface area contributed by atoms with Gasteiger partial charge in [0.1, 0.15) is 5.75 Å². The molecular formula is C23H28N2O4S. The van der Waals surface area contributed by atoms with Crippen LogP contribution in [0.25, 0.3) is 0 Å². The first-order valence-electron chi connectivity index (χ1n) is 10.6. The molecule has 2 aliphatic heterocycles. The highest BCUT2D eigenvalue weighted by atomic mass is 32.2. The molecule has 2 aliphatic rings. The number of carbonyl (C=O) groups excluding carboxylic acids is 1. The Balaban J connectivity index is 1.63. The van der Waals surface area contributed by atoms with Crippen LogP contribution in [0.5, 0.6) is 5.75 Å². The van der Waals surface area contributed by atoms with Gasteiger partial charge in [0, 0.05) is 25.2 Å². The number of nitrogens with zero attached hydrogens (tertiary/aromatic N) is 2. The van der Waals surface area contributed by atoms with Crippen molar-refractivity contribution >= 4 is 21.6 Å². The summed E-state index contributed by atoms with van der Waals surface area (Å²) in [4.78, 5) is 14.0. The van der Waals surface area contributed by atoms with Gasteiger partial charge in [0.25, 0.3) is 0 Å². The van der Waals surface area contributed by atoms with Crippen molar-refractivity contribution in [2.75, 3.05) is 25.1 Å². The van der Waals surface area contributed by atoms with E-state index >= 15 is 0 Å². The van der Waals surface area contributed by atoms with Crippen LogP contribution in [0, 0.1) is 0 Å². The summed E-state index contributed by atoms with van der Waals surface area (Å²) >= 11 is 0. The summed E-state index contributed by atoms with van der Waals surface area (Å²) in [5, 5.41) is 0. The molecule has 1 amide bonds. The van der Waals surface area contributed by atoms with E-state index in [2.05, 4.69) is 0 Å². The normalized spacial score (nSPS) is 20.9. The quantitative estimate of drug-likeness (QED) is 0.718. The van der Waals surface area contributed by atoms with E-state index < -0.39 is 10.0 Å². The van der Waals surface area contributed by atoms with Gasteiger partial charge in [0.15, 0.2) is 0 Å². The smallest absolute Gasteiger partial charge is 0.243 e. The number of rotatable bonds is 5. The van der Waals surface area contributed by atoms with Crippen LogP contribution >= 0.6 is 0 Å². The summed E-state index contributed by atoms with van der Waals surface area (Å²) in [5.74, 6) is 0.853. The fourth-order valence-corrected chi connectivity index (χ4v) is 6.07. The average Bonchev–Trinajstić information content (AvgIpc) is 3.04. The Kier molecular flexibility index (Phi) is 6.11. The first-order valence-corrected chi connectivity index (χ1v) is 12.0. The summed E-state index contributed by atoms with van der Waals surface area (Å²) in [6.45, 7) is 1.20. The third kappa shape index (κ3) is 4.09. The minimum absolute atomic E-state index is 0.0951. The topological polar surface area (TPSA) is 66.9 Å². The molecule has 0 spiro atoms. The lowest BCUT2D eigenvalue weighted by atomic mass is 10.0. The van der Waals surface area contributed by atoms with Crippen LogP contribution in [-0.2, 0) is 14.8 Å². The highest BCUT2D eigenvalue weighted by Gasteiger charge is 2.33. The molecule has 2 aromatic carbocycles. The zero-order chi connectivity index (χ0) is 21.1. The summed E-state index contributed by atoms with van der Waals surface area (Å²) in [6, 6.07) is 14.2. The standard InChI is InChI=1S/C23H28N2O4S/c1-29-20-12-8-18(9-13-20)22-6-3-2-4-17-25(22)30(27,28)21-14-10-19(11-15-21)24-16-5-7-23(24)26/h8-15,22H,2-7,16-17H2,1H3. The molecule has 160 valence electrons. The van der Waals surface area contributed by atoms with Gasteiger partial charge in [-0.25, -0.2) is 8.42 Å². The molecule has 0 bridgehead atoms. The van der Waals surface area contributed by atoms with E-state index in [-0.39, 0.29) is 16.8 Å². The SMILES string of the molecule is COc1ccc(C2CCCCCN2S(=O)(=O)c2ccc(N3CCCC3=O)cc2)cc1. The maximum atomic E-state index is 13.6. The van der Waals surface area contributed by atoms with Gasteiger partial charge in [-0.15, -0.1) is 0 Å². The molecule has 6 nitrogen and oxygen atoms in total. The molecule has 0 radical (unpaired) electrons. The van der Waals surface area contributed by atoms with Crippen molar-refractivity contribution in [2.45, 2.75) is 49.5 Å². The minimum atomic E-state index is -3.65. The van der Waals surface area contributed by atoms with Crippen molar-refractivity contribution in [3.63, 3.8) is 0 Å². The Labute approximate surface area is 178 Å². The maximum Gasteiger partial charge on any atom is 0.243 e. The highest BCUT2D eigenvalue weighted by molar-refractivity contribution is 7.89. The lowest BCUT2D eigenvalue weighted by molar-refractivity contribution is -0.117. The molecule has 7 heteroatoms. The number of ether oxygens (including phenoxy) is 1. The number of amides is 1. The molecule has 2 saturated heterocycles. The summed E-state index contributed by atoms with van der Waals surface area (Å²) in [6.07, 6.45) is 5.07. The molecule has 2 fully saturated rings. The predicted molar refractivity (Wildman–Crippen MR) is 116 cm³/mol. The Bertz CT molecular complexity index is 987. The fourth-order valence-electron chi connectivity index (χ4n) is 4.38. The van der Waals surface area contributed by atoms with Crippen LogP contribution in [0.2, 0.25) is 0 Å². The summed E-state index contributed by atoms with van der Waals surface area (Å²) < 4.78 is 34.0. The molecule has 2 aromatic rings. The van der Waals surface area contributed by atoms with Crippen molar-refractivity contribution in [1.29, 1.82) is 0 Å². The molecule has 0 N–H and O–H groups in total. The van der Waals surface area contributed by atoms with Crippen molar-refractivity contribution in [1.82, 2.24) is 4.31 Å². The lowest BCUT2D eigenvalue weighted by Crippen LogP contribution is -2.35. The third-order valence-corrected chi connectivity index (χ3v) is 7.96. The van der Waals surface area contributed by atoms with Crippen LogP contribution in [0.1, 0.15) is 50.1 Å². The molecule has 0 aliphatic carbocycles. The second-order valence-electron chi connectivity index (χ2n) is 7.90. The maximum absolute atomic E-state index is 13.6. The second-order valence-corrected chi connectivity index (χ2v) is 9.79. The van der Waals surface area contributed by atoms with Crippen molar-refractivity contribution < 1.29 is 17.9 Å². The van der Waals surface area contributed by atoms with Crippen molar-refractivity contribution in [2.24, 2.45) is 0 Å². The minimum Gasteiger partial charge on any atom is -0.497 e. The highest BCUT2D eigenvalue weighted by Crippen LogP contribution is 2.36. The van der Waals surface area contributed by atoms with Gasteiger partial charge in [-0.1, -0.05) is 25.0 Å². The molecular weight excluding hydrogens is 400 g/mol. The molecule has 0 saturated carbocycles. The van der Waals surface area contributed by atoms with E-state index in [1.54, 1.807) is 40.6 Å². The van der Waals surface area contributed by atoms with E-state index in [1.807, 2.05) is 24.3 Å². The van der Waals surface area contributed by atoms with E-state index in [4.69, 9.17) is 4.74 Å². The number of hydrogen-bond donors (Lipinski definition) is 0. The van der Waals surface area contributed by atoms with Gasteiger partial charge in [-0.05, 0) is 61.2 Å². The molecule has 1 atom stereocenters. The number of hydrogen-bond acceptors (Lipinski definition) is 4. The first-order chi connectivity index (χ1) is 14.5. The van der Waals surface area contributed by atoms with Crippen LogP contribution in [0.3, 0.4) is 0 Å². The number of anilines is 1. The van der Waals surface area contributed by atoms with Crippen molar-refractivity contribution in [3.8, 4) is 5.75 Å². The van der Waals surface area contributed by atoms with Gasteiger partial charge < -0.3 is 9.64 Å². The molecule has 2 heterocycles. The van der Waals surface area contributed by atoms with E-state index in [9.17, 15) is 13.2 Å². The molecule has 30 heavy (non-hydrogen) atoms.